The molecule has 5 heteroatoms. The number of nitrogens with one attached hydrogen (secondary N) is 2. The molecule has 0 aromatic heterocycles. The highest BCUT2D eigenvalue weighted by atomic mass is 35.5. The van der Waals surface area contributed by atoms with Crippen LogP contribution in [0.4, 0.5) is 5.69 Å². The Bertz CT molecular complexity index is 402. The maximum Gasteiger partial charge on any atom is 0.0763 e. The Morgan fingerprint density at radius 1 is 1.38 bits per heavy atom. The van der Waals surface area contributed by atoms with Crippen molar-refractivity contribution in [2.75, 3.05) is 17.6 Å². The Morgan fingerprint density at radius 3 is 2.77 bits per heavy atom. The molecule has 2 N–H and O–H groups in total. The molecule has 2 rings (SSSR count). The standard InChI is InChI=1S/C8H10N2OS.ClH/c9-12(11)6-5-10-7-3-1-2-4-8(7)12;/h1-4,9-10H,5-6H2;1H. The maximum atomic E-state index is 11.7. The molecule has 72 valence electrons. The lowest BCUT2D eigenvalue weighted by atomic mass is 10.3. The molecule has 0 spiro atoms. The average molecular weight is 219 g/mol. The van der Waals surface area contributed by atoms with Gasteiger partial charge in [0.1, 0.15) is 0 Å². The van der Waals surface area contributed by atoms with Gasteiger partial charge < -0.3 is 5.32 Å². The summed E-state index contributed by atoms with van der Waals surface area (Å²) < 4.78 is 19.3. The highest BCUT2D eigenvalue weighted by molar-refractivity contribution is 7.92. The SMILES string of the molecule is Cl.N=S1(=O)CCNc2ccccc21. The summed E-state index contributed by atoms with van der Waals surface area (Å²) in [5.74, 6) is 0.421. The molecule has 0 bridgehead atoms. The fraction of sp³-hybridized carbons (Fsp3) is 0.250. The van der Waals surface area contributed by atoms with Crippen LogP contribution in [0.5, 0.6) is 0 Å². The van der Waals surface area contributed by atoms with Crippen LogP contribution in [0.1, 0.15) is 0 Å². The molecule has 1 atom stereocenters. The molecule has 1 aromatic carbocycles. The van der Waals surface area contributed by atoms with Crippen LogP contribution in [0, 0.1) is 4.78 Å². The van der Waals surface area contributed by atoms with E-state index in [-0.39, 0.29) is 12.4 Å². The van der Waals surface area contributed by atoms with Gasteiger partial charge in [-0.3, -0.25) is 0 Å². The summed E-state index contributed by atoms with van der Waals surface area (Å²) in [6, 6.07) is 7.33. The molecule has 1 aliphatic rings. The van der Waals surface area contributed by atoms with Gasteiger partial charge >= 0.3 is 0 Å². The lowest BCUT2D eigenvalue weighted by Crippen LogP contribution is -2.21. The van der Waals surface area contributed by atoms with E-state index in [1.54, 1.807) is 6.07 Å². The second-order valence-electron chi connectivity index (χ2n) is 2.80. The second-order valence-corrected chi connectivity index (χ2v) is 5.00. The van der Waals surface area contributed by atoms with E-state index >= 15 is 0 Å². The Kier molecular flexibility index (Phi) is 2.83. The first kappa shape index (κ1) is 10.3. The molecule has 1 unspecified atom stereocenters. The van der Waals surface area contributed by atoms with Crippen molar-refractivity contribution >= 4 is 27.8 Å². The third-order valence-electron chi connectivity index (χ3n) is 1.95. The normalized spacial score (nSPS) is 25.2. The van der Waals surface area contributed by atoms with Crippen molar-refractivity contribution in [3.8, 4) is 0 Å². The molecular weight excluding hydrogens is 208 g/mol. The Balaban J connectivity index is 0.000000845. The highest BCUT2D eigenvalue weighted by Gasteiger charge is 2.18. The van der Waals surface area contributed by atoms with E-state index in [0.717, 1.165) is 5.69 Å². The summed E-state index contributed by atoms with van der Waals surface area (Å²) >= 11 is 0. The van der Waals surface area contributed by atoms with Gasteiger partial charge in [0.2, 0.25) is 0 Å². The minimum Gasteiger partial charge on any atom is -0.383 e. The third kappa shape index (κ3) is 1.78. The average Bonchev–Trinajstić information content (AvgIpc) is 2.04. The van der Waals surface area contributed by atoms with E-state index in [1.165, 1.54) is 0 Å². The minimum atomic E-state index is -2.50. The summed E-state index contributed by atoms with van der Waals surface area (Å²) in [4.78, 5) is 0.649. The van der Waals surface area contributed by atoms with Gasteiger partial charge in [-0.1, -0.05) is 12.1 Å². The predicted octanol–water partition coefficient (Wildman–Crippen LogP) is 1.94. The van der Waals surface area contributed by atoms with Crippen molar-refractivity contribution in [3.05, 3.63) is 24.3 Å². The number of halogens is 1. The third-order valence-corrected chi connectivity index (χ3v) is 3.79. The fourth-order valence-electron chi connectivity index (χ4n) is 1.34. The predicted molar refractivity (Wildman–Crippen MR) is 56.2 cm³/mol. The fourth-order valence-corrected chi connectivity index (χ4v) is 2.74. The molecule has 0 amide bonds. The van der Waals surface area contributed by atoms with Crippen LogP contribution in [0.2, 0.25) is 0 Å². The molecule has 1 aliphatic heterocycles. The van der Waals surface area contributed by atoms with Gasteiger partial charge in [-0.15, -0.1) is 12.4 Å². The zero-order valence-corrected chi connectivity index (χ0v) is 8.58. The summed E-state index contributed by atoms with van der Waals surface area (Å²) in [5.41, 5.74) is 0.851. The van der Waals surface area contributed by atoms with Crippen LogP contribution < -0.4 is 5.32 Å². The molecule has 1 heterocycles. The first-order valence-corrected chi connectivity index (χ1v) is 5.52. The van der Waals surface area contributed by atoms with Crippen molar-refractivity contribution in [3.63, 3.8) is 0 Å². The van der Waals surface area contributed by atoms with E-state index in [2.05, 4.69) is 5.32 Å². The van der Waals surface area contributed by atoms with Crippen molar-refractivity contribution in [2.24, 2.45) is 0 Å². The van der Waals surface area contributed by atoms with Gasteiger partial charge in [0.15, 0.2) is 0 Å². The molecule has 0 saturated heterocycles. The van der Waals surface area contributed by atoms with Gasteiger partial charge in [0, 0.05) is 6.54 Å². The van der Waals surface area contributed by atoms with Crippen LogP contribution in [-0.2, 0) is 9.73 Å². The molecule has 3 nitrogen and oxygen atoms in total. The lowest BCUT2D eigenvalue weighted by molar-refractivity contribution is 0.673. The van der Waals surface area contributed by atoms with E-state index in [0.29, 0.717) is 17.2 Å². The number of benzene rings is 1. The number of hydrogen-bond donors (Lipinski definition) is 2. The largest absolute Gasteiger partial charge is 0.383 e. The molecule has 1 aromatic rings. The second kappa shape index (κ2) is 3.55. The highest BCUT2D eigenvalue weighted by Crippen LogP contribution is 2.25. The summed E-state index contributed by atoms with van der Waals surface area (Å²) in [6.07, 6.45) is 0. The monoisotopic (exact) mass is 218 g/mol. The van der Waals surface area contributed by atoms with Crippen LogP contribution in [0.15, 0.2) is 29.2 Å². The topological polar surface area (TPSA) is 53.0 Å². The van der Waals surface area contributed by atoms with Crippen LogP contribution in [-0.4, -0.2) is 16.5 Å². The van der Waals surface area contributed by atoms with Gasteiger partial charge in [-0.2, -0.15) is 0 Å². The smallest absolute Gasteiger partial charge is 0.0763 e. The van der Waals surface area contributed by atoms with Crippen molar-refractivity contribution in [1.29, 1.82) is 4.78 Å². The molecule has 0 aliphatic carbocycles. The molecule has 0 fully saturated rings. The number of hydrogen-bond acceptors (Lipinski definition) is 3. The lowest BCUT2D eigenvalue weighted by Gasteiger charge is -2.19. The summed E-state index contributed by atoms with van der Waals surface area (Å²) in [7, 11) is -2.50. The number of anilines is 1. The summed E-state index contributed by atoms with van der Waals surface area (Å²) in [5, 5.41) is 3.12. The van der Waals surface area contributed by atoms with E-state index < -0.39 is 9.73 Å². The zero-order valence-electron chi connectivity index (χ0n) is 6.95. The Morgan fingerprint density at radius 2 is 2.08 bits per heavy atom. The molecule has 0 saturated carbocycles. The zero-order chi connectivity index (χ0) is 8.60. The molecule has 13 heavy (non-hydrogen) atoms. The van der Waals surface area contributed by atoms with Crippen LogP contribution in [0.3, 0.4) is 0 Å². The van der Waals surface area contributed by atoms with Gasteiger partial charge in [0.25, 0.3) is 0 Å². The van der Waals surface area contributed by atoms with E-state index in [1.807, 2.05) is 18.2 Å². The Hall–Kier alpha value is -0.740. The van der Waals surface area contributed by atoms with Crippen molar-refractivity contribution in [1.82, 2.24) is 0 Å². The van der Waals surface area contributed by atoms with Crippen LogP contribution in [0.25, 0.3) is 0 Å². The number of rotatable bonds is 0. The minimum absolute atomic E-state index is 0. The van der Waals surface area contributed by atoms with Crippen molar-refractivity contribution < 1.29 is 4.21 Å². The van der Waals surface area contributed by atoms with E-state index in [4.69, 9.17) is 4.78 Å². The van der Waals surface area contributed by atoms with Gasteiger partial charge in [-0.05, 0) is 12.1 Å². The number of fused-ring (bicyclic) bond motifs is 1. The quantitative estimate of drug-likeness (QED) is 0.699. The van der Waals surface area contributed by atoms with Crippen molar-refractivity contribution in [2.45, 2.75) is 4.90 Å². The summed E-state index contributed by atoms with van der Waals surface area (Å²) in [6.45, 7) is 0.638. The number of para-hydroxylation sites is 1. The van der Waals surface area contributed by atoms with Gasteiger partial charge in [-0.25, -0.2) is 8.99 Å². The van der Waals surface area contributed by atoms with Crippen LogP contribution >= 0.6 is 12.4 Å². The first-order chi connectivity index (χ1) is 5.70. The maximum absolute atomic E-state index is 11.7. The molecular formula is C8H11ClN2OS. The molecule has 0 radical (unpaired) electrons. The van der Waals surface area contributed by atoms with Gasteiger partial charge in [0.05, 0.1) is 26.1 Å². The first-order valence-electron chi connectivity index (χ1n) is 3.79. The Labute approximate surface area is 83.9 Å². The van der Waals surface area contributed by atoms with E-state index in [9.17, 15) is 4.21 Å².